The summed E-state index contributed by atoms with van der Waals surface area (Å²) in [5, 5.41) is 8.84. The summed E-state index contributed by atoms with van der Waals surface area (Å²) < 4.78 is 5.23. The molecule has 0 saturated carbocycles. The van der Waals surface area contributed by atoms with Crippen LogP contribution in [0.25, 0.3) is 0 Å². The topological polar surface area (TPSA) is 56.6 Å². The van der Waals surface area contributed by atoms with Gasteiger partial charge in [-0.15, -0.1) is 0 Å². The van der Waals surface area contributed by atoms with Gasteiger partial charge in [0.1, 0.15) is 0 Å². The average molecular weight is 259 g/mol. The van der Waals surface area contributed by atoms with Crippen molar-refractivity contribution in [2.24, 2.45) is 0 Å². The largest absolute Gasteiger partial charge is 0.378 e. The van der Waals surface area contributed by atoms with E-state index in [0.717, 1.165) is 5.69 Å². The fourth-order valence-corrected chi connectivity index (χ4v) is 2.00. The van der Waals surface area contributed by atoms with Crippen molar-refractivity contribution in [3.05, 3.63) is 29.8 Å². The van der Waals surface area contributed by atoms with Crippen molar-refractivity contribution in [3.8, 4) is 6.07 Å². The minimum atomic E-state index is -0.515. The number of amides is 1. The van der Waals surface area contributed by atoms with Crippen LogP contribution in [0.5, 0.6) is 0 Å². The van der Waals surface area contributed by atoms with Crippen molar-refractivity contribution in [1.82, 2.24) is 4.90 Å². The molecule has 0 aliphatic carbocycles. The number of nitrogens with zero attached hydrogens (tertiary/aromatic N) is 3. The molecule has 1 atom stereocenters. The second kappa shape index (κ2) is 5.72. The Hall–Kier alpha value is -2.06. The first kappa shape index (κ1) is 13.4. The predicted octanol–water partition coefficient (Wildman–Crippen LogP) is 1.12. The van der Waals surface area contributed by atoms with Gasteiger partial charge in [0.15, 0.2) is 6.10 Å². The summed E-state index contributed by atoms with van der Waals surface area (Å²) in [4.78, 5) is 15.9. The van der Waals surface area contributed by atoms with E-state index in [4.69, 9.17) is 10.00 Å². The first-order valence-electron chi connectivity index (χ1n) is 6.19. The molecule has 0 bridgehead atoms. The lowest BCUT2D eigenvalue weighted by Gasteiger charge is -2.29. The molecule has 2 rings (SSSR count). The summed E-state index contributed by atoms with van der Waals surface area (Å²) in [7, 11) is 3.91. The molecule has 1 aromatic rings. The van der Waals surface area contributed by atoms with Crippen LogP contribution in [0.2, 0.25) is 0 Å². The van der Waals surface area contributed by atoms with Gasteiger partial charge in [0.25, 0.3) is 5.91 Å². The van der Waals surface area contributed by atoms with Gasteiger partial charge in [-0.25, -0.2) is 0 Å². The Morgan fingerprint density at radius 3 is 2.68 bits per heavy atom. The molecule has 1 aliphatic rings. The Labute approximate surface area is 113 Å². The van der Waals surface area contributed by atoms with E-state index >= 15 is 0 Å². The first-order chi connectivity index (χ1) is 9.11. The number of hydrogen-bond acceptors (Lipinski definition) is 4. The maximum absolute atomic E-state index is 12.3. The Kier molecular flexibility index (Phi) is 4.03. The molecule has 100 valence electrons. The molecule has 1 amide bonds. The Bertz CT molecular complexity index is 490. The molecule has 0 radical (unpaired) electrons. The number of hydrogen-bond donors (Lipinski definition) is 0. The molecule has 0 N–H and O–H groups in total. The summed E-state index contributed by atoms with van der Waals surface area (Å²) in [6.45, 7) is 1.29. The van der Waals surface area contributed by atoms with Crippen molar-refractivity contribution in [1.29, 1.82) is 5.26 Å². The summed E-state index contributed by atoms with van der Waals surface area (Å²) >= 11 is 0. The Balaban J connectivity index is 2.09. The van der Waals surface area contributed by atoms with E-state index < -0.39 is 6.10 Å². The first-order valence-corrected chi connectivity index (χ1v) is 6.19. The van der Waals surface area contributed by atoms with Crippen molar-refractivity contribution in [2.45, 2.75) is 6.10 Å². The van der Waals surface area contributed by atoms with Crippen molar-refractivity contribution >= 4 is 11.6 Å². The minimum absolute atomic E-state index is 0.0474. The highest BCUT2D eigenvalue weighted by atomic mass is 16.5. The second-order valence-corrected chi connectivity index (χ2v) is 4.68. The van der Waals surface area contributed by atoms with Gasteiger partial charge in [-0.1, -0.05) is 0 Å². The van der Waals surface area contributed by atoms with E-state index in [1.807, 2.05) is 49.3 Å². The molecule has 19 heavy (non-hydrogen) atoms. The lowest BCUT2D eigenvalue weighted by Crippen LogP contribution is -2.45. The highest BCUT2D eigenvalue weighted by Crippen LogP contribution is 2.15. The third-order valence-electron chi connectivity index (χ3n) is 3.13. The van der Waals surface area contributed by atoms with Gasteiger partial charge in [-0.2, -0.15) is 5.26 Å². The molecular weight excluding hydrogens is 242 g/mol. The molecule has 5 heteroatoms. The summed E-state index contributed by atoms with van der Waals surface area (Å²) in [6, 6.07) is 9.49. The zero-order valence-electron chi connectivity index (χ0n) is 11.2. The number of ether oxygens (including phenoxy) is 1. The lowest BCUT2D eigenvalue weighted by atomic mass is 10.1. The predicted molar refractivity (Wildman–Crippen MR) is 72.0 cm³/mol. The maximum Gasteiger partial charge on any atom is 0.254 e. The zero-order valence-corrected chi connectivity index (χ0v) is 11.2. The molecule has 1 fully saturated rings. The number of anilines is 1. The second-order valence-electron chi connectivity index (χ2n) is 4.68. The fraction of sp³-hybridized carbons (Fsp3) is 0.429. The molecule has 1 unspecified atom stereocenters. The van der Waals surface area contributed by atoms with Gasteiger partial charge in [-0.3, -0.25) is 4.79 Å². The number of nitriles is 1. The van der Waals surface area contributed by atoms with E-state index in [1.165, 1.54) is 0 Å². The number of carbonyl (C=O) groups excluding carboxylic acids is 1. The maximum atomic E-state index is 12.3. The molecule has 1 aromatic carbocycles. The minimum Gasteiger partial charge on any atom is -0.378 e. The van der Waals surface area contributed by atoms with Crippen LogP contribution >= 0.6 is 0 Å². The van der Waals surface area contributed by atoms with Gasteiger partial charge in [0, 0.05) is 31.9 Å². The van der Waals surface area contributed by atoms with Crippen LogP contribution in [-0.4, -0.2) is 50.7 Å². The summed E-state index contributed by atoms with van der Waals surface area (Å²) in [6.07, 6.45) is -0.515. The average Bonchev–Trinajstić information content (AvgIpc) is 2.46. The van der Waals surface area contributed by atoms with Crippen molar-refractivity contribution in [3.63, 3.8) is 0 Å². The zero-order chi connectivity index (χ0) is 13.8. The molecule has 1 aliphatic heterocycles. The van der Waals surface area contributed by atoms with E-state index in [9.17, 15) is 4.79 Å². The number of rotatable bonds is 2. The third kappa shape index (κ3) is 3.04. The smallest absolute Gasteiger partial charge is 0.254 e. The van der Waals surface area contributed by atoms with Crippen LogP contribution in [0, 0.1) is 11.3 Å². The standard InChI is InChI=1S/C14H17N3O2/c1-16(2)12-5-3-11(4-6-12)14(18)17-7-8-19-13(9-15)10-17/h3-6,13H,7-8,10H2,1-2H3. The van der Waals surface area contributed by atoms with E-state index in [2.05, 4.69) is 0 Å². The van der Waals surface area contributed by atoms with Gasteiger partial charge < -0.3 is 14.5 Å². The van der Waals surface area contributed by atoms with Gasteiger partial charge >= 0.3 is 0 Å². The van der Waals surface area contributed by atoms with Gasteiger partial charge in [0.2, 0.25) is 0 Å². The van der Waals surface area contributed by atoms with Gasteiger partial charge in [0.05, 0.1) is 19.2 Å². The molecular formula is C14H17N3O2. The number of benzene rings is 1. The van der Waals surface area contributed by atoms with Crippen LogP contribution < -0.4 is 4.90 Å². The highest BCUT2D eigenvalue weighted by Gasteiger charge is 2.24. The monoisotopic (exact) mass is 259 g/mol. The van der Waals surface area contributed by atoms with E-state index in [-0.39, 0.29) is 5.91 Å². The molecule has 1 heterocycles. The summed E-state index contributed by atoms with van der Waals surface area (Å²) in [5.41, 5.74) is 1.69. The fourth-order valence-electron chi connectivity index (χ4n) is 2.00. The molecule has 0 spiro atoms. The normalized spacial score (nSPS) is 18.8. The van der Waals surface area contributed by atoms with Crippen molar-refractivity contribution in [2.75, 3.05) is 38.7 Å². The van der Waals surface area contributed by atoms with Crippen LogP contribution in [0.4, 0.5) is 5.69 Å². The van der Waals surface area contributed by atoms with Crippen LogP contribution in [0.1, 0.15) is 10.4 Å². The molecule has 0 aromatic heterocycles. The lowest BCUT2D eigenvalue weighted by molar-refractivity contribution is 0.00347. The summed E-state index contributed by atoms with van der Waals surface area (Å²) in [5.74, 6) is -0.0474. The van der Waals surface area contributed by atoms with Crippen LogP contribution in [0.15, 0.2) is 24.3 Å². The van der Waals surface area contributed by atoms with E-state index in [0.29, 0.717) is 25.3 Å². The van der Waals surface area contributed by atoms with E-state index in [1.54, 1.807) is 4.90 Å². The Morgan fingerprint density at radius 2 is 2.11 bits per heavy atom. The molecule has 1 saturated heterocycles. The highest BCUT2D eigenvalue weighted by molar-refractivity contribution is 5.94. The quantitative estimate of drug-likeness (QED) is 0.798. The van der Waals surface area contributed by atoms with Crippen LogP contribution in [-0.2, 0) is 4.74 Å². The van der Waals surface area contributed by atoms with Crippen molar-refractivity contribution < 1.29 is 9.53 Å². The number of morpholine rings is 1. The SMILES string of the molecule is CN(C)c1ccc(C(=O)N2CCOC(C#N)C2)cc1. The molecule has 5 nitrogen and oxygen atoms in total. The third-order valence-corrected chi connectivity index (χ3v) is 3.13. The number of carbonyl (C=O) groups is 1. The Morgan fingerprint density at radius 1 is 1.42 bits per heavy atom. The van der Waals surface area contributed by atoms with Gasteiger partial charge in [-0.05, 0) is 24.3 Å². The van der Waals surface area contributed by atoms with Crippen LogP contribution in [0.3, 0.4) is 0 Å².